The molecule has 0 aromatic heterocycles. The molecule has 0 N–H and O–H groups in total. The third-order valence-corrected chi connectivity index (χ3v) is 6.93. The molecule has 0 bridgehead atoms. The second-order valence-corrected chi connectivity index (χ2v) is 9.22. The van der Waals surface area contributed by atoms with Gasteiger partial charge in [0.15, 0.2) is 0 Å². The Morgan fingerprint density at radius 1 is 0.415 bits per heavy atom. The Bertz CT molecular complexity index is 1890. The van der Waals surface area contributed by atoms with Gasteiger partial charge >= 0.3 is 0 Å². The van der Waals surface area contributed by atoms with E-state index in [2.05, 4.69) is 0 Å². The van der Waals surface area contributed by atoms with E-state index in [0.29, 0.717) is 44.2 Å². The highest BCUT2D eigenvalue weighted by Crippen LogP contribution is 2.50. The van der Waals surface area contributed by atoms with E-state index in [1.807, 2.05) is 0 Å². The molecular formula is C28H15ClN4O8. The number of nitrogens with zero attached hydrogens (tertiary/aromatic N) is 4. The number of halogens is 1. The molecule has 0 aliphatic heterocycles. The van der Waals surface area contributed by atoms with Gasteiger partial charge in [-0.3, -0.25) is 40.5 Å². The molecule has 0 aliphatic carbocycles. The smallest absolute Gasteiger partial charge is 0.258 e. The largest absolute Gasteiger partial charge is 0.270 e. The molecule has 0 radical (unpaired) electrons. The van der Waals surface area contributed by atoms with Crippen LogP contribution in [0.1, 0.15) is 0 Å². The summed E-state index contributed by atoms with van der Waals surface area (Å²) in [7, 11) is 0. The summed E-state index contributed by atoms with van der Waals surface area (Å²) in [5.41, 5.74) is 1.88. The van der Waals surface area contributed by atoms with Crippen LogP contribution in [0.2, 0.25) is 5.02 Å². The minimum Gasteiger partial charge on any atom is -0.258 e. The summed E-state index contributed by atoms with van der Waals surface area (Å²) >= 11 is 6.97. The first-order valence-corrected chi connectivity index (χ1v) is 12.1. The van der Waals surface area contributed by atoms with Gasteiger partial charge in [0.05, 0.1) is 24.7 Å². The Balaban J connectivity index is 1.96. The average molecular weight is 571 g/mol. The lowest BCUT2D eigenvalue weighted by atomic mass is 9.83. The summed E-state index contributed by atoms with van der Waals surface area (Å²) in [6.45, 7) is 0. The quantitative estimate of drug-likeness (QED) is 0.139. The lowest BCUT2D eigenvalue weighted by molar-refractivity contribution is -0.385. The third kappa shape index (κ3) is 4.90. The van der Waals surface area contributed by atoms with Crippen molar-refractivity contribution in [2.45, 2.75) is 0 Å². The van der Waals surface area contributed by atoms with Gasteiger partial charge in [-0.25, -0.2) is 0 Å². The molecule has 0 spiro atoms. The highest BCUT2D eigenvalue weighted by Gasteiger charge is 2.25. The van der Waals surface area contributed by atoms with Gasteiger partial charge in [-0.05, 0) is 75.7 Å². The standard InChI is InChI=1S/C28H15ClN4O8/c29-28-23-14-13-22(33(40)41)15-24(23)25(16-1-7-19(8-2-16)30(34)35)26(17-3-9-20(10-4-17)31(36)37)27(28)18-5-11-21(12-6-18)32(38)39/h1-15H. The van der Waals surface area contributed by atoms with E-state index in [9.17, 15) is 40.5 Å². The maximum atomic E-state index is 11.7. The van der Waals surface area contributed by atoms with E-state index in [-0.39, 0.29) is 27.8 Å². The van der Waals surface area contributed by atoms with Crippen LogP contribution in [0, 0.1) is 40.5 Å². The van der Waals surface area contributed by atoms with Crippen LogP contribution in [0.25, 0.3) is 44.2 Å². The molecule has 12 nitrogen and oxygen atoms in total. The predicted octanol–water partition coefficient (Wildman–Crippen LogP) is 8.13. The van der Waals surface area contributed by atoms with E-state index in [1.165, 1.54) is 91.0 Å². The number of nitro groups is 4. The van der Waals surface area contributed by atoms with E-state index in [4.69, 9.17) is 11.6 Å². The van der Waals surface area contributed by atoms with E-state index in [0.717, 1.165) is 0 Å². The fraction of sp³-hybridized carbons (Fsp3) is 0. The normalized spacial score (nSPS) is 10.9. The third-order valence-electron chi connectivity index (χ3n) is 6.54. The molecule has 41 heavy (non-hydrogen) atoms. The zero-order chi connectivity index (χ0) is 29.4. The van der Waals surface area contributed by atoms with Crippen LogP contribution < -0.4 is 0 Å². The number of hydrogen-bond donors (Lipinski definition) is 0. The van der Waals surface area contributed by atoms with Gasteiger partial charge in [0.2, 0.25) is 0 Å². The van der Waals surface area contributed by atoms with Gasteiger partial charge < -0.3 is 0 Å². The van der Waals surface area contributed by atoms with Crippen LogP contribution in [-0.2, 0) is 0 Å². The molecule has 0 atom stereocenters. The number of non-ortho nitro benzene ring substituents is 4. The number of hydrogen-bond acceptors (Lipinski definition) is 8. The summed E-state index contributed by atoms with van der Waals surface area (Å²) in [5.74, 6) is 0. The van der Waals surface area contributed by atoms with Crippen molar-refractivity contribution in [3.8, 4) is 33.4 Å². The van der Waals surface area contributed by atoms with Crippen molar-refractivity contribution in [2.24, 2.45) is 0 Å². The fourth-order valence-electron chi connectivity index (χ4n) is 4.66. The Morgan fingerprint density at radius 3 is 1.15 bits per heavy atom. The molecule has 0 saturated heterocycles. The number of fused-ring (bicyclic) bond motifs is 1. The van der Waals surface area contributed by atoms with Crippen molar-refractivity contribution in [1.82, 2.24) is 0 Å². The monoisotopic (exact) mass is 570 g/mol. The summed E-state index contributed by atoms with van der Waals surface area (Å²) < 4.78 is 0. The second kappa shape index (κ2) is 10.4. The number of nitro benzene ring substituents is 4. The first-order chi connectivity index (χ1) is 19.6. The molecule has 0 unspecified atom stereocenters. The first-order valence-electron chi connectivity index (χ1n) is 11.7. The maximum Gasteiger partial charge on any atom is 0.270 e. The van der Waals surface area contributed by atoms with Gasteiger partial charge in [0.25, 0.3) is 22.7 Å². The summed E-state index contributed by atoms with van der Waals surface area (Å²) in [4.78, 5) is 43.4. The van der Waals surface area contributed by atoms with Gasteiger partial charge in [0.1, 0.15) is 0 Å². The predicted molar refractivity (Wildman–Crippen MR) is 152 cm³/mol. The SMILES string of the molecule is O=[N+]([O-])c1ccc(-c2c(-c3ccc([N+](=O)[O-])cc3)c(-c3ccc([N+](=O)[O-])cc3)c3cc([N+](=O)[O-])ccc3c2Cl)cc1. The van der Waals surface area contributed by atoms with Crippen molar-refractivity contribution in [3.63, 3.8) is 0 Å². The summed E-state index contributed by atoms with van der Waals surface area (Å²) in [5, 5.41) is 46.6. The molecule has 5 aromatic carbocycles. The first kappa shape index (κ1) is 26.8. The van der Waals surface area contributed by atoms with Crippen molar-refractivity contribution in [2.75, 3.05) is 0 Å². The van der Waals surface area contributed by atoms with Crippen molar-refractivity contribution >= 4 is 45.1 Å². The molecule has 0 fully saturated rings. The zero-order valence-electron chi connectivity index (χ0n) is 20.6. The molecule has 5 rings (SSSR count). The fourth-order valence-corrected chi connectivity index (χ4v) is 5.03. The van der Waals surface area contributed by atoms with E-state index >= 15 is 0 Å². The molecule has 0 heterocycles. The van der Waals surface area contributed by atoms with Crippen molar-refractivity contribution < 1.29 is 19.7 Å². The van der Waals surface area contributed by atoms with Crippen molar-refractivity contribution in [1.29, 1.82) is 0 Å². The van der Waals surface area contributed by atoms with Crippen molar-refractivity contribution in [3.05, 3.63) is 136 Å². The lowest BCUT2D eigenvalue weighted by Gasteiger charge is -2.21. The van der Waals surface area contributed by atoms with Gasteiger partial charge in [-0.15, -0.1) is 0 Å². The van der Waals surface area contributed by atoms with Crippen LogP contribution >= 0.6 is 11.6 Å². The van der Waals surface area contributed by atoms with Crippen LogP contribution in [0.15, 0.2) is 91.0 Å². The molecule has 5 aromatic rings. The van der Waals surface area contributed by atoms with E-state index in [1.54, 1.807) is 0 Å². The Kier molecular flexibility index (Phi) is 6.83. The maximum absolute atomic E-state index is 11.7. The summed E-state index contributed by atoms with van der Waals surface area (Å²) in [6.07, 6.45) is 0. The Labute approximate surface area is 234 Å². The van der Waals surface area contributed by atoms with Crippen LogP contribution in [-0.4, -0.2) is 19.7 Å². The Morgan fingerprint density at radius 2 is 0.756 bits per heavy atom. The molecule has 0 amide bonds. The van der Waals surface area contributed by atoms with E-state index < -0.39 is 19.7 Å². The highest BCUT2D eigenvalue weighted by atomic mass is 35.5. The van der Waals surface area contributed by atoms with Gasteiger partial charge in [0, 0.05) is 59.5 Å². The molecule has 13 heteroatoms. The average Bonchev–Trinajstić information content (AvgIpc) is 2.97. The minimum atomic E-state index is -0.567. The molecule has 0 aliphatic rings. The van der Waals surface area contributed by atoms with Crippen LogP contribution in [0.5, 0.6) is 0 Å². The van der Waals surface area contributed by atoms with Crippen LogP contribution in [0.3, 0.4) is 0 Å². The van der Waals surface area contributed by atoms with Crippen LogP contribution in [0.4, 0.5) is 22.7 Å². The molecular weight excluding hydrogens is 556 g/mol. The number of benzene rings is 5. The molecule has 202 valence electrons. The second-order valence-electron chi connectivity index (χ2n) is 8.84. The van der Waals surface area contributed by atoms with Gasteiger partial charge in [-0.2, -0.15) is 0 Å². The zero-order valence-corrected chi connectivity index (χ0v) is 21.3. The minimum absolute atomic E-state index is 0.159. The summed E-state index contributed by atoms with van der Waals surface area (Å²) in [6, 6.07) is 20.9. The highest BCUT2D eigenvalue weighted by molar-refractivity contribution is 6.40. The lowest BCUT2D eigenvalue weighted by Crippen LogP contribution is -1.97. The molecule has 0 saturated carbocycles. The van der Waals surface area contributed by atoms with Gasteiger partial charge in [-0.1, -0.05) is 11.6 Å². The topological polar surface area (TPSA) is 173 Å². The number of rotatable bonds is 7. The Hall–Kier alpha value is -5.75.